The van der Waals surface area contributed by atoms with Gasteiger partial charge in [-0.1, -0.05) is 48.5 Å². The number of nitrogens with zero attached hydrogens (tertiary/aromatic N) is 25. The molecule has 0 aliphatic carbocycles. The average Bonchev–Trinajstić information content (AvgIpc) is 1.46. The van der Waals surface area contributed by atoms with E-state index in [-0.39, 0.29) is 51.8 Å². The number of ether oxygens (including phenoxy) is 5. The molecule has 0 bridgehead atoms. The molecule has 8 N–H and O–H groups in total. The summed E-state index contributed by atoms with van der Waals surface area (Å²) in [6.07, 6.45) is 20.0. The van der Waals surface area contributed by atoms with Crippen molar-refractivity contribution in [3.8, 4) is 141 Å². The second kappa shape index (κ2) is 44.6. The zero-order valence-electron chi connectivity index (χ0n) is 80.0. The molecule has 0 unspecified atom stereocenters. The third-order valence-electron chi connectivity index (χ3n) is 26.1. The van der Waals surface area contributed by atoms with Gasteiger partial charge in [0.2, 0.25) is 0 Å². The minimum Gasteiger partial charge on any atom is -0.497 e. The number of nitrogens with two attached hydrogens (primary N) is 4. The lowest BCUT2D eigenvalue weighted by Gasteiger charge is -2.17. The Morgan fingerprint density at radius 3 is 1.03 bits per heavy atom. The number of tetrazole rings is 4. The molecule has 0 spiro atoms. The summed E-state index contributed by atoms with van der Waals surface area (Å²) >= 11 is 3.33. The molecule has 0 radical (unpaired) electrons. The minimum atomic E-state index is -0.458. The molecule has 4 aliphatic heterocycles. The van der Waals surface area contributed by atoms with E-state index in [0.717, 1.165) is 139 Å². The van der Waals surface area contributed by atoms with Crippen LogP contribution in [0.2, 0.25) is 0 Å². The van der Waals surface area contributed by atoms with Gasteiger partial charge in [-0.3, -0.25) is 24.6 Å². The molecular weight excluding hydrogens is 1880 g/mol. The Hall–Kier alpha value is -15.8. The third-order valence-corrected chi connectivity index (χ3v) is 28.2. The van der Waals surface area contributed by atoms with Crippen molar-refractivity contribution in [3.63, 3.8) is 0 Å². The number of benzene rings is 7. The summed E-state index contributed by atoms with van der Waals surface area (Å²) in [4.78, 5) is 31.9. The number of hydrogen-bond acceptors (Lipinski definition) is 32. The molecule has 0 amide bonds. The number of nitrogen functional groups attached to an aromatic ring is 4. The Morgan fingerprint density at radius 1 is 0.340 bits per heavy atom. The Balaban J connectivity index is 0.000000122. The monoisotopic (exact) mass is 1980 g/mol. The maximum atomic E-state index is 15.6. The number of aromatic nitrogens is 21. The highest BCUT2D eigenvalue weighted by Gasteiger charge is 2.29. The molecule has 736 valence electrons. The quantitative estimate of drug-likeness (QED) is 0.0316. The maximum Gasteiger partial charge on any atom is 0.190 e. The van der Waals surface area contributed by atoms with Crippen LogP contribution in [-0.4, -0.2) is 237 Å². The Morgan fingerprint density at radius 2 is 0.667 bits per heavy atom. The fourth-order valence-electron chi connectivity index (χ4n) is 18.0. The summed E-state index contributed by atoms with van der Waals surface area (Å²) in [5.74, 6) is 3.21. The summed E-state index contributed by atoms with van der Waals surface area (Å²) in [7, 11) is 1.62. The molecule has 11 aromatic heterocycles. The van der Waals surface area contributed by atoms with Gasteiger partial charge in [0, 0.05) is 133 Å². The van der Waals surface area contributed by atoms with Gasteiger partial charge in [-0.05, 0) is 310 Å². The molecule has 4 saturated heterocycles. The number of hydrogen-bond donors (Lipinski definition) is 4. The van der Waals surface area contributed by atoms with E-state index in [0.29, 0.717) is 111 Å². The van der Waals surface area contributed by atoms with E-state index in [1.165, 1.54) is 79.5 Å². The van der Waals surface area contributed by atoms with E-state index >= 15 is 17.6 Å². The highest BCUT2D eigenvalue weighted by atomic mass is 32.1. The number of halogens is 4. The molecule has 0 saturated carbocycles. The van der Waals surface area contributed by atoms with Gasteiger partial charge in [-0.25, -0.2) is 37.5 Å². The molecule has 15 heterocycles. The molecule has 0 atom stereocenters. The predicted octanol–water partition coefficient (Wildman–Crippen LogP) is 17.4. The van der Waals surface area contributed by atoms with E-state index in [9.17, 15) is 0 Å². The number of fused-ring (bicyclic) bond motifs is 2. The first-order valence-electron chi connectivity index (χ1n) is 47.6. The van der Waals surface area contributed by atoms with Crippen LogP contribution in [0, 0.1) is 51.0 Å². The van der Waals surface area contributed by atoms with E-state index in [4.69, 9.17) is 46.6 Å². The standard InChI is InChI=1S/2C27H26FN7OS.C26H28FN7O2.C24H25FN8O/c1-17-23(36-13-12-34-10-4-5-11-34)9-8-22(25(17)28)35-27(31-32-33-35)20-14-18(15-30-26(20)29)21-16-37-24-7-3-2-6-19(21)24;1-17-22(36-13-12-34-10-4-5-11-34)9-8-21(25(17)28)35-27(31-32-33-35)20-14-19(16-30-26(20)29)24-15-18-6-2-3-7-23(18)37-24;1-17-23(36-14-13-33-11-3-4-12-33)10-9-22(24(17)27)34-26(30-31-32-34)21-15-19(16-29-25(21)28)18-5-7-20(35-2)8-6-18;1-16-21(34-13-12-32-10-2-3-11-32)5-4-20(22(16)25)33-24(29-30-31-33)19-14-18(15-28-23(19)26)17-6-8-27-9-7-17/h2*2-3,6-9,14-16H,4-5,10-13H2,1H3,(H2,29,30);5-10,15-16H,3-4,11-14H2,1-2H3,(H2,28,29);4-9,14-15H,2-3,10-13H2,1H3,(H2,26,28). The normalized spacial score (nSPS) is 13.9. The minimum absolute atomic E-state index is 0.202. The van der Waals surface area contributed by atoms with Crippen molar-refractivity contribution in [1.82, 2.24) is 125 Å². The van der Waals surface area contributed by atoms with Crippen LogP contribution in [0.25, 0.3) is 132 Å². The Bertz CT molecular complexity index is 7510. The lowest BCUT2D eigenvalue weighted by molar-refractivity contribution is 0.236. The van der Waals surface area contributed by atoms with Crippen LogP contribution in [0.15, 0.2) is 206 Å². The van der Waals surface area contributed by atoms with Crippen LogP contribution in [0.3, 0.4) is 0 Å². The third kappa shape index (κ3) is 21.5. The number of rotatable bonds is 29. The predicted molar refractivity (Wildman–Crippen MR) is 548 cm³/mol. The van der Waals surface area contributed by atoms with Gasteiger partial charge in [-0.15, -0.1) is 43.1 Å². The molecule has 144 heavy (non-hydrogen) atoms. The summed E-state index contributed by atoms with van der Waals surface area (Å²) in [6, 6.07) is 50.8. The van der Waals surface area contributed by atoms with Crippen molar-refractivity contribution in [2.45, 2.75) is 79.1 Å². The molecule has 34 nitrogen and oxygen atoms in total. The van der Waals surface area contributed by atoms with Gasteiger partial charge in [0.05, 0.1) is 29.4 Å². The molecule has 22 rings (SSSR count). The number of anilines is 4. The van der Waals surface area contributed by atoms with Gasteiger partial charge in [-0.2, -0.15) is 18.7 Å². The first kappa shape index (κ1) is 97.1. The average molecular weight is 1980 g/mol. The molecule has 4 aliphatic rings. The topological polar surface area (TPSA) is 402 Å². The van der Waals surface area contributed by atoms with Gasteiger partial charge in [0.25, 0.3) is 0 Å². The summed E-state index contributed by atoms with van der Waals surface area (Å²) < 4.78 is 98.6. The van der Waals surface area contributed by atoms with Crippen LogP contribution < -0.4 is 46.6 Å². The summed E-state index contributed by atoms with van der Waals surface area (Å²) in [6.45, 7) is 20.9. The number of methoxy groups -OCH3 is 1. The van der Waals surface area contributed by atoms with Gasteiger partial charge < -0.3 is 46.6 Å². The fraction of sp³-hybridized carbons (Fsp3) is 0.279. The number of likely N-dealkylation sites (tertiary alicyclic amines) is 4. The largest absolute Gasteiger partial charge is 0.497 e. The number of pyridine rings is 5. The lowest BCUT2D eigenvalue weighted by atomic mass is 10.0. The maximum absolute atomic E-state index is 15.6. The van der Waals surface area contributed by atoms with Crippen LogP contribution >= 0.6 is 22.7 Å². The molecule has 18 aromatic rings. The van der Waals surface area contributed by atoms with Gasteiger partial charge in [0.1, 0.15) is 101 Å². The van der Waals surface area contributed by atoms with Crippen LogP contribution in [0.4, 0.5) is 40.8 Å². The van der Waals surface area contributed by atoms with Crippen molar-refractivity contribution < 1.29 is 41.2 Å². The van der Waals surface area contributed by atoms with Crippen LogP contribution in [-0.2, 0) is 0 Å². The zero-order chi connectivity index (χ0) is 99.3. The number of thiophene rings is 2. The fourth-order valence-corrected chi connectivity index (χ4v) is 20.0. The zero-order valence-corrected chi connectivity index (χ0v) is 81.6. The lowest BCUT2D eigenvalue weighted by Crippen LogP contribution is -2.25. The molecular formula is C104H105F4N29O5S2. The Labute approximate surface area is 834 Å². The summed E-state index contributed by atoms with van der Waals surface area (Å²) in [5.41, 5.74) is 35.7. The van der Waals surface area contributed by atoms with Gasteiger partial charge in [0.15, 0.2) is 46.6 Å². The molecule has 7 aromatic carbocycles. The highest BCUT2D eigenvalue weighted by molar-refractivity contribution is 7.22. The van der Waals surface area contributed by atoms with Crippen molar-refractivity contribution >= 4 is 66.1 Å². The summed E-state index contributed by atoms with van der Waals surface area (Å²) in [5, 5.41) is 52.4. The molecule has 40 heteroatoms. The van der Waals surface area contributed by atoms with Crippen molar-refractivity contribution in [2.24, 2.45) is 0 Å². The second-order valence-corrected chi connectivity index (χ2v) is 37.2. The van der Waals surface area contributed by atoms with Crippen LogP contribution in [0.1, 0.15) is 73.6 Å². The first-order valence-corrected chi connectivity index (χ1v) is 49.3. The first-order chi connectivity index (χ1) is 70.3. The van der Waals surface area contributed by atoms with E-state index in [1.54, 1.807) is 143 Å². The van der Waals surface area contributed by atoms with Crippen molar-refractivity contribution in [1.29, 1.82) is 0 Å². The molecule has 4 fully saturated rings. The van der Waals surface area contributed by atoms with E-state index < -0.39 is 23.3 Å². The van der Waals surface area contributed by atoms with Crippen molar-refractivity contribution in [3.05, 3.63) is 252 Å². The smallest absolute Gasteiger partial charge is 0.190 e. The highest BCUT2D eigenvalue weighted by Crippen LogP contribution is 2.42. The van der Waals surface area contributed by atoms with E-state index in [1.807, 2.05) is 84.9 Å². The second-order valence-electron chi connectivity index (χ2n) is 35.2. The van der Waals surface area contributed by atoms with Crippen molar-refractivity contribution in [2.75, 3.05) is 135 Å². The van der Waals surface area contributed by atoms with Crippen LogP contribution in [0.5, 0.6) is 28.7 Å². The SMILES string of the molecule is COc1ccc(-c2cnc(N)c(-c3nnnn3-c3ccc(OCCN4CCCC4)c(C)c3F)c2)cc1.Cc1c(OCCN2CCCC2)ccc(-n2nnnc2-c2cc(-c3cc4ccccc4s3)cnc2N)c1F.Cc1c(OCCN2CCCC2)ccc(-n2nnnc2-c2cc(-c3ccncc3)cnc2N)c1F.Cc1c(OCCN2CCCC2)ccc(-n2nnnc2-c2cc(-c3csc4ccccc34)cnc2N)c1F. The Kier molecular flexibility index (Phi) is 30.1. The van der Waals surface area contributed by atoms with E-state index in [2.05, 4.69) is 142 Å². The van der Waals surface area contributed by atoms with Gasteiger partial charge >= 0.3 is 0 Å².